The van der Waals surface area contributed by atoms with E-state index in [2.05, 4.69) is 11.2 Å². The molecule has 1 rings (SSSR count). The average molecular weight is 224 g/mol. The predicted molar refractivity (Wildman–Crippen MR) is 63.0 cm³/mol. The van der Waals surface area contributed by atoms with E-state index in [-0.39, 0.29) is 18.2 Å². The van der Waals surface area contributed by atoms with Crippen LogP contribution in [0.3, 0.4) is 0 Å². The molecule has 90 valence electrons. The fourth-order valence-electron chi connectivity index (χ4n) is 1.69. The summed E-state index contributed by atoms with van der Waals surface area (Å²) >= 11 is 0. The Kier molecular flexibility index (Phi) is 3.82. The Morgan fingerprint density at radius 1 is 1.50 bits per heavy atom. The molecule has 0 aromatic carbocycles. The summed E-state index contributed by atoms with van der Waals surface area (Å²) < 4.78 is 5.34. The maximum Gasteiger partial charge on any atom is 0.411 e. The molecule has 16 heavy (non-hydrogen) atoms. The topological polar surface area (TPSA) is 41.6 Å². The van der Waals surface area contributed by atoms with E-state index < -0.39 is 5.60 Å². The minimum absolute atomic E-state index is 0.0599. The molecule has 1 heterocycles. The van der Waals surface area contributed by atoms with E-state index in [0.29, 0.717) is 6.54 Å². The van der Waals surface area contributed by atoms with Crippen LogP contribution in [0.5, 0.6) is 0 Å². The Morgan fingerprint density at radius 3 is 2.62 bits per heavy atom. The number of ether oxygens (including phenoxy) is 1. The van der Waals surface area contributed by atoms with Crippen molar-refractivity contribution in [1.82, 2.24) is 10.2 Å². The highest BCUT2D eigenvalue weighted by atomic mass is 16.6. The molecule has 0 saturated carbocycles. The zero-order chi connectivity index (χ0) is 12.3. The second-order valence-corrected chi connectivity index (χ2v) is 5.08. The van der Waals surface area contributed by atoms with Crippen LogP contribution in [0, 0.1) is 12.3 Å². The van der Waals surface area contributed by atoms with Gasteiger partial charge in [-0.15, -0.1) is 6.42 Å². The molecular weight excluding hydrogens is 204 g/mol. The Hall–Kier alpha value is -1.21. The third-order valence-corrected chi connectivity index (χ3v) is 2.38. The number of piperazine rings is 1. The van der Waals surface area contributed by atoms with Crippen LogP contribution >= 0.6 is 0 Å². The smallest absolute Gasteiger partial charge is 0.411 e. The number of nitrogens with one attached hydrogen (secondary N) is 1. The number of hydrogen-bond donors (Lipinski definition) is 1. The highest BCUT2D eigenvalue weighted by Gasteiger charge is 2.33. The van der Waals surface area contributed by atoms with E-state index >= 15 is 0 Å². The first-order valence-electron chi connectivity index (χ1n) is 5.53. The summed E-state index contributed by atoms with van der Waals surface area (Å²) in [4.78, 5) is 13.6. The van der Waals surface area contributed by atoms with Crippen molar-refractivity contribution < 1.29 is 9.53 Å². The van der Waals surface area contributed by atoms with Crippen LogP contribution in [0.4, 0.5) is 4.79 Å². The fourth-order valence-corrected chi connectivity index (χ4v) is 1.69. The molecule has 1 N–H and O–H groups in total. The molecule has 0 radical (unpaired) electrons. The maximum atomic E-state index is 12.0. The van der Waals surface area contributed by atoms with Crippen LogP contribution in [0.25, 0.3) is 0 Å². The zero-order valence-electron chi connectivity index (χ0n) is 10.4. The van der Waals surface area contributed by atoms with Gasteiger partial charge in [0.25, 0.3) is 0 Å². The Bertz CT molecular complexity index is 301. The molecule has 0 spiro atoms. The van der Waals surface area contributed by atoms with Crippen molar-refractivity contribution in [3.63, 3.8) is 0 Å². The van der Waals surface area contributed by atoms with Gasteiger partial charge in [0, 0.05) is 19.1 Å². The highest BCUT2D eigenvalue weighted by Crippen LogP contribution is 2.16. The molecular formula is C12H20N2O2. The lowest BCUT2D eigenvalue weighted by atomic mass is 10.1. The molecule has 0 bridgehead atoms. The van der Waals surface area contributed by atoms with E-state index in [1.54, 1.807) is 4.90 Å². The van der Waals surface area contributed by atoms with Crippen molar-refractivity contribution in [2.75, 3.05) is 13.1 Å². The van der Waals surface area contributed by atoms with E-state index in [4.69, 9.17) is 11.2 Å². The van der Waals surface area contributed by atoms with Gasteiger partial charge in [0.2, 0.25) is 0 Å². The highest BCUT2D eigenvalue weighted by molar-refractivity contribution is 5.69. The van der Waals surface area contributed by atoms with E-state index in [1.807, 2.05) is 27.7 Å². The monoisotopic (exact) mass is 224 g/mol. The number of hydrogen-bond acceptors (Lipinski definition) is 3. The summed E-state index contributed by atoms with van der Waals surface area (Å²) in [6, 6.07) is -0.164. The number of carbonyl (C=O) groups is 1. The van der Waals surface area contributed by atoms with Crippen molar-refractivity contribution in [1.29, 1.82) is 0 Å². The Labute approximate surface area is 97.3 Å². The van der Waals surface area contributed by atoms with Crippen LogP contribution in [0.1, 0.15) is 27.7 Å². The van der Waals surface area contributed by atoms with Crippen molar-refractivity contribution in [3.8, 4) is 12.3 Å². The molecule has 1 saturated heterocycles. The Balaban J connectivity index is 2.75. The molecule has 4 nitrogen and oxygen atoms in total. The van der Waals surface area contributed by atoms with E-state index in [0.717, 1.165) is 6.54 Å². The van der Waals surface area contributed by atoms with Gasteiger partial charge in [-0.25, -0.2) is 4.79 Å². The molecule has 1 amide bonds. The second kappa shape index (κ2) is 4.75. The van der Waals surface area contributed by atoms with Crippen LogP contribution in [0.2, 0.25) is 0 Å². The summed E-state index contributed by atoms with van der Waals surface area (Å²) in [5.41, 5.74) is -0.485. The first-order chi connectivity index (χ1) is 7.35. The lowest BCUT2D eigenvalue weighted by Gasteiger charge is -2.39. The number of carbonyl (C=O) groups excluding carboxylic acids is 1. The standard InChI is InChI=1S/C12H20N2O2/c1-6-10-8-13-7-9(2)14(10)11(15)16-12(3,4)5/h1,9-10,13H,7-8H2,2-5H3/t9-,10-/m0/s1. The van der Waals surface area contributed by atoms with Gasteiger partial charge in [-0.3, -0.25) is 4.90 Å². The second-order valence-electron chi connectivity index (χ2n) is 5.08. The third kappa shape index (κ3) is 3.14. The van der Waals surface area contributed by atoms with E-state index in [1.165, 1.54) is 0 Å². The zero-order valence-corrected chi connectivity index (χ0v) is 10.4. The quantitative estimate of drug-likeness (QED) is 0.629. The van der Waals surface area contributed by atoms with Crippen molar-refractivity contribution >= 4 is 6.09 Å². The molecule has 0 aliphatic carbocycles. The average Bonchev–Trinajstić information content (AvgIpc) is 2.14. The van der Waals surface area contributed by atoms with Crippen LogP contribution in [-0.4, -0.2) is 41.8 Å². The molecule has 4 heteroatoms. The van der Waals surface area contributed by atoms with Gasteiger partial charge in [0.15, 0.2) is 0 Å². The van der Waals surface area contributed by atoms with Gasteiger partial charge < -0.3 is 10.1 Å². The Morgan fingerprint density at radius 2 is 2.12 bits per heavy atom. The SMILES string of the molecule is C#C[C@H]1CNC[C@H](C)N1C(=O)OC(C)(C)C. The molecule has 0 unspecified atom stereocenters. The van der Waals surface area contributed by atoms with Crippen LogP contribution in [0.15, 0.2) is 0 Å². The molecule has 0 aromatic rings. The first-order valence-corrected chi connectivity index (χ1v) is 5.53. The van der Waals surface area contributed by atoms with Gasteiger partial charge in [0.1, 0.15) is 11.6 Å². The summed E-state index contributed by atoms with van der Waals surface area (Å²) in [7, 11) is 0. The summed E-state index contributed by atoms with van der Waals surface area (Å²) in [6.45, 7) is 8.88. The number of rotatable bonds is 0. The molecule has 1 aliphatic heterocycles. The minimum Gasteiger partial charge on any atom is -0.444 e. The van der Waals surface area contributed by atoms with Crippen molar-refractivity contribution in [2.45, 2.75) is 45.4 Å². The largest absolute Gasteiger partial charge is 0.444 e. The van der Waals surface area contributed by atoms with Crippen LogP contribution < -0.4 is 5.32 Å². The summed E-state index contributed by atoms with van der Waals surface area (Å²) in [5, 5.41) is 3.19. The lowest BCUT2D eigenvalue weighted by molar-refractivity contribution is 0.00739. The van der Waals surface area contributed by atoms with Gasteiger partial charge in [-0.1, -0.05) is 5.92 Å². The molecule has 1 fully saturated rings. The number of nitrogens with zero attached hydrogens (tertiary/aromatic N) is 1. The number of terminal acetylenes is 1. The summed E-state index contributed by atoms with van der Waals surface area (Å²) in [6.07, 6.45) is 5.09. The van der Waals surface area contributed by atoms with Gasteiger partial charge in [-0.2, -0.15) is 0 Å². The van der Waals surface area contributed by atoms with Crippen LogP contribution in [-0.2, 0) is 4.74 Å². The van der Waals surface area contributed by atoms with Crippen molar-refractivity contribution in [2.24, 2.45) is 0 Å². The number of amides is 1. The van der Waals surface area contributed by atoms with E-state index in [9.17, 15) is 4.79 Å². The fraction of sp³-hybridized carbons (Fsp3) is 0.750. The van der Waals surface area contributed by atoms with Gasteiger partial charge >= 0.3 is 6.09 Å². The molecule has 2 atom stereocenters. The first kappa shape index (κ1) is 12.9. The minimum atomic E-state index is -0.485. The predicted octanol–water partition coefficient (Wildman–Crippen LogP) is 1.22. The van der Waals surface area contributed by atoms with Gasteiger partial charge in [-0.05, 0) is 27.7 Å². The summed E-state index contributed by atoms with van der Waals surface area (Å²) in [5.74, 6) is 2.61. The van der Waals surface area contributed by atoms with Gasteiger partial charge in [0.05, 0.1) is 0 Å². The molecule has 1 aliphatic rings. The third-order valence-electron chi connectivity index (χ3n) is 2.38. The lowest BCUT2D eigenvalue weighted by Crippen LogP contribution is -2.58. The normalized spacial score (nSPS) is 26.1. The molecule has 0 aromatic heterocycles. The van der Waals surface area contributed by atoms with Crippen molar-refractivity contribution in [3.05, 3.63) is 0 Å². The maximum absolute atomic E-state index is 12.0.